The summed E-state index contributed by atoms with van der Waals surface area (Å²) in [7, 11) is 0. The molecule has 0 bridgehead atoms. The van der Waals surface area contributed by atoms with E-state index < -0.39 is 17.9 Å². The molecule has 1 aliphatic rings. The van der Waals surface area contributed by atoms with E-state index >= 15 is 0 Å². The molecular weight excluding hydrogens is 244 g/mol. The van der Waals surface area contributed by atoms with Crippen molar-refractivity contribution in [1.82, 2.24) is 5.32 Å². The van der Waals surface area contributed by atoms with E-state index in [1.54, 1.807) is 0 Å². The molecular formula is C14H14N2O3. The predicted molar refractivity (Wildman–Crippen MR) is 67.4 cm³/mol. The number of benzene rings is 1. The number of aliphatic carboxylic acids is 1. The van der Waals surface area contributed by atoms with E-state index in [0.717, 1.165) is 12.8 Å². The number of hydrogen-bond donors (Lipinski definition) is 2. The van der Waals surface area contributed by atoms with Crippen LogP contribution in [0.4, 0.5) is 0 Å². The number of nitriles is 1. The van der Waals surface area contributed by atoms with E-state index in [1.807, 2.05) is 6.07 Å². The van der Waals surface area contributed by atoms with Crippen LogP contribution in [-0.2, 0) is 4.79 Å². The van der Waals surface area contributed by atoms with E-state index in [4.69, 9.17) is 10.4 Å². The third-order valence-electron chi connectivity index (χ3n) is 3.15. The Hall–Kier alpha value is -2.35. The molecule has 0 heterocycles. The van der Waals surface area contributed by atoms with Gasteiger partial charge in [-0.2, -0.15) is 5.26 Å². The van der Waals surface area contributed by atoms with Crippen LogP contribution in [-0.4, -0.2) is 23.0 Å². The molecule has 0 radical (unpaired) electrons. The van der Waals surface area contributed by atoms with Gasteiger partial charge in [0.25, 0.3) is 5.91 Å². The van der Waals surface area contributed by atoms with E-state index in [-0.39, 0.29) is 0 Å². The van der Waals surface area contributed by atoms with Gasteiger partial charge in [0.05, 0.1) is 11.6 Å². The number of amides is 1. The molecule has 5 heteroatoms. The summed E-state index contributed by atoms with van der Waals surface area (Å²) in [6, 6.07) is 7.23. The highest BCUT2D eigenvalue weighted by Crippen LogP contribution is 2.33. The largest absolute Gasteiger partial charge is 0.480 e. The lowest BCUT2D eigenvalue weighted by molar-refractivity contribution is -0.139. The van der Waals surface area contributed by atoms with Gasteiger partial charge in [-0.1, -0.05) is 12.8 Å². The monoisotopic (exact) mass is 258 g/mol. The predicted octanol–water partition coefficient (Wildman–Crippen LogP) is 1.54. The second kappa shape index (κ2) is 5.53. The van der Waals surface area contributed by atoms with Gasteiger partial charge in [-0.25, -0.2) is 4.79 Å². The fourth-order valence-electron chi connectivity index (χ4n) is 1.85. The average Bonchev–Trinajstić information content (AvgIpc) is 3.22. The third kappa shape index (κ3) is 3.55. The van der Waals surface area contributed by atoms with Crippen molar-refractivity contribution >= 4 is 11.9 Å². The minimum atomic E-state index is -1.01. The quantitative estimate of drug-likeness (QED) is 0.838. The summed E-state index contributed by atoms with van der Waals surface area (Å²) in [5.41, 5.74) is 0.824. The number of carbonyl (C=O) groups is 2. The number of carboxylic acid groups (broad SMARTS) is 1. The lowest BCUT2D eigenvalue weighted by Crippen LogP contribution is -2.41. The minimum Gasteiger partial charge on any atom is -0.480 e. The minimum absolute atomic E-state index is 0.362. The van der Waals surface area contributed by atoms with Crippen molar-refractivity contribution in [1.29, 1.82) is 5.26 Å². The van der Waals surface area contributed by atoms with Gasteiger partial charge >= 0.3 is 5.97 Å². The maximum absolute atomic E-state index is 11.9. The summed E-state index contributed by atoms with van der Waals surface area (Å²) in [6.07, 6.45) is 2.56. The van der Waals surface area contributed by atoms with Gasteiger partial charge in [0.15, 0.2) is 0 Å². The summed E-state index contributed by atoms with van der Waals surface area (Å²) >= 11 is 0. The Labute approximate surface area is 110 Å². The normalized spacial score (nSPS) is 15.3. The van der Waals surface area contributed by atoms with E-state index in [1.165, 1.54) is 24.3 Å². The smallest absolute Gasteiger partial charge is 0.326 e. The number of carboxylic acids is 1. The number of carbonyl (C=O) groups excluding carboxylic acids is 1. The fraction of sp³-hybridized carbons (Fsp3) is 0.357. The van der Waals surface area contributed by atoms with Crippen LogP contribution in [0, 0.1) is 17.2 Å². The number of nitrogens with zero attached hydrogens (tertiary/aromatic N) is 1. The Kier molecular flexibility index (Phi) is 3.81. The summed E-state index contributed by atoms with van der Waals surface area (Å²) in [5.74, 6) is -1.01. The Morgan fingerprint density at radius 3 is 2.47 bits per heavy atom. The van der Waals surface area contributed by atoms with E-state index in [2.05, 4.69) is 5.32 Å². The first-order valence-electron chi connectivity index (χ1n) is 6.14. The van der Waals surface area contributed by atoms with Crippen molar-refractivity contribution in [2.24, 2.45) is 5.92 Å². The lowest BCUT2D eigenvalue weighted by atomic mass is 10.1. The zero-order valence-corrected chi connectivity index (χ0v) is 10.3. The number of nitrogens with one attached hydrogen (secondary N) is 1. The first-order chi connectivity index (χ1) is 9.10. The fourth-order valence-corrected chi connectivity index (χ4v) is 1.85. The third-order valence-corrected chi connectivity index (χ3v) is 3.15. The van der Waals surface area contributed by atoms with Gasteiger partial charge in [-0.3, -0.25) is 4.79 Å². The van der Waals surface area contributed by atoms with Crippen LogP contribution in [0.5, 0.6) is 0 Å². The van der Waals surface area contributed by atoms with Crippen molar-refractivity contribution in [3.63, 3.8) is 0 Å². The van der Waals surface area contributed by atoms with Crippen molar-refractivity contribution in [3.8, 4) is 6.07 Å². The van der Waals surface area contributed by atoms with Crippen LogP contribution < -0.4 is 5.32 Å². The summed E-state index contributed by atoms with van der Waals surface area (Å²) in [5, 5.41) is 20.3. The molecule has 1 fully saturated rings. The van der Waals surface area contributed by atoms with Gasteiger partial charge in [0.1, 0.15) is 6.04 Å². The Balaban J connectivity index is 2.01. The Morgan fingerprint density at radius 2 is 2.00 bits per heavy atom. The maximum Gasteiger partial charge on any atom is 0.326 e. The van der Waals surface area contributed by atoms with Crippen LogP contribution in [0.15, 0.2) is 24.3 Å². The molecule has 1 saturated carbocycles. The van der Waals surface area contributed by atoms with Gasteiger partial charge in [-0.05, 0) is 36.6 Å². The highest BCUT2D eigenvalue weighted by atomic mass is 16.4. The topological polar surface area (TPSA) is 90.2 Å². The molecule has 1 aromatic carbocycles. The molecule has 5 nitrogen and oxygen atoms in total. The lowest BCUT2D eigenvalue weighted by Gasteiger charge is -2.14. The molecule has 2 N–H and O–H groups in total. The SMILES string of the molecule is N#Cc1ccc(C(=O)N[C@H](CC2CC2)C(=O)O)cc1. The molecule has 1 atom stereocenters. The molecule has 0 spiro atoms. The van der Waals surface area contributed by atoms with Crippen molar-refractivity contribution in [2.45, 2.75) is 25.3 Å². The van der Waals surface area contributed by atoms with Gasteiger partial charge < -0.3 is 10.4 Å². The average molecular weight is 258 g/mol. The highest BCUT2D eigenvalue weighted by Gasteiger charge is 2.30. The number of hydrogen-bond acceptors (Lipinski definition) is 3. The van der Waals surface area contributed by atoms with E-state index in [9.17, 15) is 9.59 Å². The molecule has 0 unspecified atom stereocenters. The van der Waals surface area contributed by atoms with Gasteiger partial charge in [0.2, 0.25) is 0 Å². The van der Waals surface area contributed by atoms with Crippen molar-refractivity contribution in [3.05, 3.63) is 35.4 Å². The first-order valence-corrected chi connectivity index (χ1v) is 6.14. The molecule has 1 aliphatic carbocycles. The second-order valence-electron chi connectivity index (χ2n) is 4.73. The van der Waals surface area contributed by atoms with Crippen LogP contribution in [0.25, 0.3) is 0 Å². The van der Waals surface area contributed by atoms with Crippen molar-refractivity contribution < 1.29 is 14.7 Å². The van der Waals surface area contributed by atoms with Crippen LogP contribution in [0.3, 0.4) is 0 Å². The Bertz CT molecular complexity index is 527. The van der Waals surface area contributed by atoms with E-state index in [0.29, 0.717) is 23.5 Å². The Morgan fingerprint density at radius 1 is 1.37 bits per heavy atom. The molecule has 0 aromatic heterocycles. The zero-order valence-electron chi connectivity index (χ0n) is 10.3. The molecule has 0 saturated heterocycles. The molecule has 19 heavy (non-hydrogen) atoms. The zero-order chi connectivity index (χ0) is 13.8. The van der Waals surface area contributed by atoms with Crippen molar-refractivity contribution in [2.75, 3.05) is 0 Å². The molecule has 1 amide bonds. The standard InChI is InChI=1S/C14H14N2O3/c15-8-10-3-5-11(6-4-10)13(17)16-12(14(18)19)7-9-1-2-9/h3-6,9,12H,1-2,7H2,(H,16,17)(H,18,19)/t12-/m1/s1. The van der Waals surface area contributed by atoms with Crippen LogP contribution in [0.1, 0.15) is 35.2 Å². The summed E-state index contributed by atoms with van der Waals surface area (Å²) in [4.78, 5) is 23.0. The van der Waals surface area contributed by atoms with Crippen LogP contribution in [0.2, 0.25) is 0 Å². The number of rotatable bonds is 5. The molecule has 1 aromatic rings. The van der Waals surface area contributed by atoms with Gasteiger partial charge in [-0.15, -0.1) is 0 Å². The van der Waals surface area contributed by atoms with Gasteiger partial charge in [0, 0.05) is 5.56 Å². The molecule has 2 rings (SSSR count). The summed E-state index contributed by atoms with van der Waals surface area (Å²) in [6.45, 7) is 0. The highest BCUT2D eigenvalue weighted by molar-refractivity contribution is 5.96. The first kappa shape index (κ1) is 13.1. The van der Waals surface area contributed by atoms with Crippen LogP contribution >= 0.6 is 0 Å². The molecule has 98 valence electrons. The maximum atomic E-state index is 11.9. The molecule has 0 aliphatic heterocycles. The summed E-state index contributed by atoms with van der Waals surface area (Å²) < 4.78 is 0. The second-order valence-corrected chi connectivity index (χ2v) is 4.73.